The van der Waals surface area contributed by atoms with Crippen LogP contribution < -0.4 is 4.74 Å². The van der Waals surface area contributed by atoms with Crippen LogP contribution in [-0.2, 0) is 9.59 Å². The van der Waals surface area contributed by atoms with Crippen molar-refractivity contribution in [2.75, 3.05) is 6.61 Å². The van der Waals surface area contributed by atoms with Crippen molar-refractivity contribution in [1.82, 2.24) is 0 Å². The number of allylic oxidation sites excluding steroid dienone is 1. The monoisotopic (exact) mass is 376 g/mol. The lowest BCUT2D eigenvalue weighted by molar-refractivity contribution is -0.115. The Labute approximate surface area is 147 Å². The normalized spacial score (nSPS) is 17.1. The van der Waals surface area contributed by atoms with Gasteiger partial charge < -0.3 is 4.74 Å². The van der Waals surface area contributed by atoms with Crippen molar-refractivity contribution in [1.29, 1.82) is 0 Å². The van der Waals surface area contributed by atoms with E-state index in [4.69, 9.17) is 27.9 Å². The third-order valence-electron chi connectivity index (χ3n) is 2.71. The SMILES string of the molecule is CC1(C)CC(=O)C=C(SC(=O)COc2ccc(Cl)cc2Cl)S1. The minimum Gasteiger partial charge on any atom is -0.483 e. The van der Waals surface area contributed by atoms with Gasteiger partial charge in [-0.25, -0.2) is 0 Å². The molecule has 0 atom stereocenters. The van der Waals surface area contributed by atoms with E-state index in [1.54, 1.807) is 18.2 Å². The summed E-state index contributed by atoms with van der Waals surface area (Å²) in [5.41, 5.74) is 0. The summed E-state index contributed by atoms with van der Waals surface area (Å²) in [6.07, 6.45) is 2.00. The number of thioether (sulfide) groups is 2. The molecule has 0 aromatic heterocycles. The second kappa shape index (κ2) is 7.30. The number of ether oxygens (including phenoxy) is 1. The van der Waals surface area contributed by atoms with E-state index in [-0.39, 0.29) is 22.3 Å². The van der Waals surface area contributed by atoms with Gasteiger partial charge in [0.05, 0.1) is 9.26 Å². The summed E-state index contributed by atoms with van der Waals surface area (Å²) in [5, 5.41) is 0.672. The standard InChI is InChI=1S/C15H14Cl2O3S2/c1-15(2)7-10(18)6-14(22-15)21-13(19)8-20-12-4-3-9(16)5-11(12)17/h3-6H,7-8H2,1-2H3. The van der Waals surface area contributed by atoms with Crippen LogP contribution in [0.4, 0.5) is 0 Å². The Bertz CT molecular complexity index is 642. The molecule has 0 amide bonds. The molecule has 0 fully saturated rings. The van der Waals surface area contributed by atoms with Crippen LogP contribution in [0.1, 0.15) is 20.3 Å². The Balaban J connectivity index is 1.92. The minimum atomic E-state index is -0.186. The van der Waals surface area contributed by atoms with Crippen molar-refractivity contribution in [3.63, 3.8) is 0 Å². The quantitative estimate of drug-likeness (QED) is 0.742. The molecule has 0 aliphatic carbocycles. The smallest absolute Gasteiger partial charge is 0.231 e. The first-order valence-corrected chi connectivity index (χ1v) is 8.86. The maximum atomic E-state index is 12.0. The molecule has 0 N–H and O–H groups in total. The van der Waals surface area contributed by atoms with E-state index >= 15 is 0 Å². The molecule has 0 radical (unpaired) electrons. The third-order valence-corrected chi connectivity index (χ3v) is 5.42. The lowest BCUT2D eigenvalue weighted by Gasteiger charge is -2.27. The van der Waals surface area contributed by atoms with E-state index in [1.807, 2.05) is 13.8 Å². The Morgan fingerprint density at radius 2 is 2.14 bits per heavy atom. The number of halogens is 2. The van der Waals surface area contributed by atoms with E-state index < -0.39 is 0 Å². The molecule has 0 spiro atoms. The summed E-state index contributed by atoms with van der Waals surface area (Å²) in [6, 6.07) is 4.81. The van der Waals surface area contributed by atoms with Gasteiger partial charge in [0, 0.05) is 22.3 Å². The lowest BCUT2D eigenvalue weighted by Crippen LogP contribution is -2.23. The molecule has 0 saturated heterocycles. The van der Waals surface area contributed by atoms with Gasteiger partial charge in [0.15, 0.2) is 12.4 Å². The van der Waals surface area contributed by atoms with Crippen LogP contribution in [0, 0.1) is 0 Å². The van der Waals surface area contributed by atoms with Crippen molar-refractivity contribution in [2.24, 2.45) is 0 Å². The van der Waals surface area contributed by atoms with Crippen molar-refractivity contribution in [3.8, 4) is 5.75 Å². The third kappa shape index (κ3) is 5.23. The molecule has 0 bridgehead atoms. The van der Waals surface area contributed by atoms with E-state index in [0.717, 1.165) is 11.8 Å². The first-order chi connectivity index (χ1) is 10.2. The van der Waals surface area contributed by atoms with Crippen molar-refractivity contribution in [3.05, 3.63) is 38.6 Å². The number of rotatable bonds is 4. The maximum Gasteiger partial charge on any atom is 0.231 e. The highest BCUT2D eigenvalue weighted by Crippen LogP contribution is 2.44. The fraction of sp³-hybridized carbons (Fsp3) is 0.333. The highest BCUT2D eigenvalue weighted by Gasteiger charge is 2.29. The molecule has 118 valence electrons. The number of carbonyl (C=O) groups is 2. The summed E-state index contributed by atoms with van der Waals surface area (Å²) in [7, 11) is 0. The molecule has 2 rings (SSSR count). The van der Waals surface area contributed by atoms with Gasteiger partial charge in [0.2, 0.25) is 5.12 Å². The fourth-order valence-electron chi connectivity index (χ4n) is 1.86. The highest BCUT2D eigenvalue weighted by molar-refractivity contribution is 8.30. The Morgan fingerprint density at radius 3 is 2.77 bits per heavy atom. The van der Waals surface area contributed by atoms with Crippen LogP contribution in [0.3, 0.4) is 0 Å². The number of ketones is 1. The molecule has 1 aromatic carbocycles. The van der Waals surface area contributed by atoms with Crippen LogP contribution in [0.2, 0.25) is 10.0 Å². The minimum absolute atomic E-state index is 0.0423. The second-order valence-electron chi connectivity index (χ2n) is 5.31. The molecular formula is C15H14Cl2O3S2. The summed E-state index contributed by atoms with van der Waals surface area (Å²) < 4.78 is 5.91. The van der Waals surface area contributed by atoms with Crippen LogP contribution >= 0.6 is 46.7 Å². The maximum absolute atomic E-state index is 12.0. The average Bonchev–Trinajstić information content (AvgIpc) is 2.35. The van der Waals surface area contributed by atoms with Crippen molar-refractivity contribution in [2.45, 2.75) is 25.0 Å². The molecule has 3 nitrogen and oxygen atoms in total. The first kappa shape index (κ1) is 17.7. The predicted molar refractivity (Wildman–Crippen MR) is 93.9 cm³/mol. The van der Waals surface area contributed by atoms with Gasteiger partial charge in [0.25, 0.3) is 0 Å². The van der Waals surface area contributed by atoms with E-state index in [1.165, 1.54) is 17.8 Å². The number of benzene rings is 1. The lowest BCUT2D eigenvalue weighted by atomic mass is 10.1. The summed E-state index contributed by atoms with van der Waals surface area (Å²) in [6.45, 7) is 3.84. The Hall–Kier alpha value is -0.620. The van der Waals surface area contributed by atoms with Gasteiger partial charge >= 0.3 is 0 Å². The van der Waals surface area contributed by atoms with Crippen molar-refractivity contribution >= 4 is 57.6 Å². The van der Waals surface area contributed by atoms with Gasteiger partial charge in [-0.1, -0.05) is 23.2 Å². The summed E-state index contributed by atoms with van der Waals surface area (Å²) >= 11 is 14.3. The van der Waals surface area contributed by atoms with Gasteiger partial charge in [-0.15, -0.1) is 11.8 Å². The number of hydrogen-bond donors (Lipinski definition) is 0. The molecule has 1 aliphatic rings. The molecule has 1 aliphatic heterocycles. The van der Waals surface area contributed by atoms with E-state index in [2.05, 4.69) is 0 Å². The van der Waals surface area contributed by atoms with Crippen molar-refractivity contribution < 1.29 is 14.3 Å². The zero-order valence-electron chi connectivity index (χ0n) is 12.0. The second-order valence-corrected chi connectivity index (χ2v) is 9.26. The van der Waals surface area contributed by atoms with Crippen LogP contribution in [-0.4, -0.2) is 22.3 Å². The number of carbonyl (C=O) groups excluding carboxylic acids is 2. The number of hydrogen-bond acceptors (Lipinski definition) is 5. The zero-order chi connectivity index (χ0) is 16.3. The highest BCUT2D eigenvalue weighted by atomic mass is 35.5. The molecule has 1 aromatic rings. The molecular weight excluding hydrogens is 363 g/mol. The predicted octanol–water partition coefficient (Wildman–Crippen LogP) is 4.96. The van der Waals surface area contributed by atoms with Gasteiger partial charge in [-0.2, -0.15) is 0 Å². The van der Waals surface area contributed by atoms with Crippen LogP contribution in [0.15, 0.2) is 28.5 Å². The van der Waals surface area contributed by atoms with Gasteiger partial charge in [-0.3, -0.25) is 9.59 Å². The molecule has 1 heterocycles. The fourth-order valence-corrected chi connectivity index (χ4v) is 4.93. The van der Waals surface area contributed by atoms with Gasteiger partial charge in [0.1, 0.15) is 5.75 Å². The molecule has 22 heavy (non-hydrogen) atoms. The van der Waals surface area contributed by atoms with E-state index in [0.29, 0.717) is 26.5 Å². The largest absolute Gasteiger partial charge is 0.483 e. The Morgan fingerprint density at radius 1 is 1.41 bits per heavy atom. The van der Waals surface area contributed by atoms with Gasteiger partial charge in [-0.05, 0) is 43.8 Å². The molecule has 7 heteroatoms. The molecule has 0 unspecified atom stereocenters. The van der Waals surface area contributed by atoms with Crippen LogP contribution in [0.5, 0.6) is 5.75 Å². The van der Waals surface area contributed by atoms with E-state index in [9.17, 15) is 9.59 Å². The Kier molecular flexibility index (Phi) is 5.88. The zero-order valence-corrected chi connectivity index (χ0v) is 15.2. The topological polar surface area (TPSA) is 43.4 Å². The average molecular weight is 377 g/mol. The summed E-state index contributed by atoms with van der Waals surface area (Å²) in [5.74, 6) is 0.447. The summed E-state index contributed by atoms with van der Waals surface area (Å²) in [4.78, 5) is 23.6. The molecule has 0 saturated carbocycles. The van der Waals surface area contributed by atoms with Crippen LogP contribution in [0.25, 0.3) is 0 Å². The first-order valence-electron chi connectivity index (χ1n) is 6.47.